The molecule has 1 aliphatic rings. The van der Waals surface area contributed by atoms with Gasteiger partial charge in [-0.2, -0.15) is 4.98 Å². The van der Waals surface area contributed by atoms with E-state index in [4.69, 9.17) is 4.52 Å². The molecule has 0 unspecified atom stereocenters. The molecule has 0 aliphatic heterocycles. The fourth-order valence-corrected chi connectivity index (χ4v) is 2.40. The predicted molar refractivity (Wildman–Crippen MR) is 75.4 cm³/mol. The molecule has 1 aliphatic carbocycles. The highest BCUT2D eigenvalue weighted by Crippen LogP contribution is 2.48. The highest BCUT2D eigenvalue weighted by atomic mass is 16.5. The molecule has 6 nitrogen and oxygen atoms in total. The highest BCUT2D eigenvalue weighted by molar-refractivity contribution is 5.55. The van der Waals surface area contributed by atoms with Crippen LogP contribution < -0.4 is 0 Å². The Labute approximate surface area is 121 Å². The second-order valence-electron chi connectivity index (χ2n) is 5.76. The first-order chi connectivity index (χ1) is 10.2. The summed E-state index contributed by atoms with van der Waals surface area (Å²) in [7, 11) is 0. The molecular weight excluding hydrogens is 266 g/mol. The van der Waals surface area contributed by atoms with Crippen molar-refractivity contribution in [2.45, 2.75) is 31.7 Å². The van der Waals surface area contributed by atoms with Crippen molar-refractivity contribution >= 4 is 0 Å². The third-order valence-electron chi connectivity index (χ3n) is 4.05. The fourth-order valence-electron chi connectivity index (χ4n) is 2.40. The second kappa shape index (κ2) is 4.51. The van der Waals surface area contributed by atoms with E-state index in [1.807, 2.05) is 6.07 Å². The summed E-state index contributed by atoms with van der Waals surface area (Å²) in [5.41, 5.74) is 2.65. The summed E-state index contributed by atoms with van der Waals surface area (Å²) in [5, 5.41) is 11.6. The fraction of sp³-hybridized carbons (Fsp3) is 0.333. The van der Waals surface area contributed by atoms with E-state index < -0.39 is 0 Å². The monoisotopic (exact) mass is 281 g/mol. The number of rotatable bonds is 4. The van der Waals surface area contributed by atoms with Gasteiger partial charge in [-0.15, -0.1) is 5.10 Å². The standard InChI is InChI=1S/C15H15N5O/c1-15(5-6-15)12-4-2-3-11(9-12)14-17-13(18-21-14)10-20-8-7-16-19-20/h2-4,7-9H,5-6,10H2,1H3. The number of benzene rings is 1. The van der Waals surface area contributed by atoms with Crippen LogP contribution >= 0.6 is 0 Å². The molecule has 0 N–H and O–H groups in total. The minimum atomic E-state index is 0.333. The van der Waals surface area contributed by atoms with E-state index in [9.17, 15) is 0 Å². The Balaban J connectivity index is 1.60. The van der Waals surface area contributed by atoms with Gasteiger partial charge in [-0.3, -0.25) is 0 Å². The van der Waals surface area contributed by atoms with Gasteiger partial charge in [0.1, 0.15) is 6.54 Å². The van der Waals surface area contributed by atoms with Crippen molar-refractivity contribution in [2.24, 2.45) is 0 Å². The maximum absolute atomic E-state index is 5.36. The predicted octanol–water partition coefficient (Wildman–Crippen LogP) is 2.43. The van der Waals surface area contributed by atoms with Crippen molar-refractivity contribution in [1.29, 1.82) is 0 Å². The third-order valence-corrected chi connectivity index (χ3v) is 4.05. The molecule has 106 valence electrons. The molecule has 0 atom stereocenters. The lowest BCUT2D eigenvalue weighted by Crippen LogP contribution is -2.02. The van der Waals surface area contributed by atoms with Crippen LogP contribution in [-0.2, 0) is 12.0 Å². The van der Waals surface area contributed by atoms with Crippen molar-refractivity contribution < 1.29 is 4.52 Å². The van der Waals surface area contributed by atoms with Crippen LogP contribution in [-0.4, -0.2) is 25.1 Å². The van der Waals surface area contributed by atoms with Crippen LogP contribution in [0, 0.1) is 0 Å². The van der Waals surface area contributed by atoms with Gasteiger partial charge in [0.15, 0.2) is 5.82 Å². The molecule has 6 heteroatoms. The lowest BCUT2D eigenvalue weighted by atomic mass is 9.96. The maximum atomic E-state index is 5.36. The zero-order chi connectivity index (χ0) is 14.3. The molecule has 0 amide bonds. The minimum absolute atomic E-state index is 0.333. The summed E-state index contributed by atoms with van der Waals surface area (Å²) < 4.78 is 7.03. The van der Waals surface area contributed by atoms with Crippen LogP contribution in [0.1, 0.15) is 31.2 Å². The van der Waals surface area contributed by atoms with E-state index >= 15 is 0 Å². The van der Waals surface area contributed by atoms with E-state index in [0.717, 1.165) is 5.56 Å². The van der Waals surface area contributed by atoms with E-state index in [1.165, 1.54) is 18.4 Å². The molecule has 21 heavy (non-hydrogen) atoms. The van der Waals surface area contributed by atoms with Crippen LogP contribution in [0.15, 0.2) is 41.2 Å². The molecule has 2 aromatic heterocycles. The van der Waals surface area contributed by atoms with Gasteiger partial charge >= 0.3 is 0 Å². The first-order valence-electron chi connectivity index (χ1n) is 7.01. The molecule has 0 saturated heterocycles. The Morgan fingerprint density at radius 1 is 1.33 bits per heavy atom. The van der Waals surface area contributed by atoms with Crippen molar-refractivity contribution in [3.05, 3.63) is 48.0 Å². The second-order valence-corrected chi connectivity index (χ2v) is 5.76. The van der Waals surface area contributed by atoms with Gasteiger partial charge in [-0.1, -0.05) is 29.4 Å². The average molecular weight is 281 g/mol. The quantitative estimate of drug-likeness (QED) is 0.734. The largest absolute Gasteiger partial charge is 0.334 e. The summed E-state index contributed by atoms with van der Waals surface area (Å²) in [5.74, 6) is 1.15. The number of aromatic nitrogens is 5. The minimum Gasteiger partial charge on any atom is -0.334 e. The smallest absolute Gasteiger partial charge is 0.257 e. The zero-order valence-corrected chi connectivity index (χ0v) is 11.7. The molecule has 0 radical (unpaired) electrons. The van der Waals surface area contributed by atoms with Crippen LogP contribution in [0.5, 0.6) is 0 Å². The summed E-state index contributed by atoms with van der Waals surface area (Å²) in [4.78, 5) is 4.43. The SMILES string of the molecule is CC1(c2cccc(-c3nc(Cn4ccnn4)no3)c2)CC1. The van der Waals surface area contributed by atoms with Gasteiger partial charge in [0.2, 0.25) is 0 Å². The summed E-state index contributed by atoms with van der Waals surface area (Å²) in [6.07, 6.45) is 5.89. The van der Waals surface area contributed by atoms with Crippen molar-refractivity contribution in [1.82, 2.24) is 25.1 Å². The summed E-state index contributed by atoms with van der Waals surface area (Å²) >= 11 is 0. The van der Waals surface area contributed by atoms with E-state index in [1.54, 1.807) is 17.1 Å². The van der Waals surface area contributed by atoms with Crippen molar-refractivity contribution in [2.75, 3.05) is 0 Å². The summed E-state index contributed by atoms with van der Waals surface area (Å²) in [6, 6.07) is 8.38. The van der Waals surface area contributed by atoms with E-state index in [2.05, 4.69) is 45.6 Å². The highest BCUT2D eigenvalue weighted by Gasteiger charge is 2.39. The lowest BCUT2D eigenvalue weighted by molar-refractivity contribution is 0.418. The molecule has 1 aromatic carbocycles. The van der Waals surface area contributed by atoms with E-state index in [0.29, 0.717) is 23.7 Å². The van der Waals surface area contributed by atoms with Crippen LogP contribution in [0.4, 0.5) is 0 Å². The lowest BCUT2D eigenvalue weighted by Gasteiger charge is -2.08. The van der Waals surface area contributed by atoms with Gasteiger partial charge in [0.25, 0.3) is 5.89 Å². The van der Waals surface area contributed by atoms with Gasteiger partial charge in [0, 0.05) is 11.8 Å². The zero-order valence-electron chi connectivity index (χ0n) is 11.7. The van der Waals surface area contributed by atoms with Crippen molar-refractivity contribution in [3.63, 3.8) is 0 Å². The molecule has 4 rings (SSSR count). The van der Waals surface area contributed by atoms with Crippen LogP contribution in [0.2, 0.25) is 0 Å². The van der Waals surface area contributed by atoms with Crippen LogP contribution in [0.3, 0.4) is 0 Å². The van der Waals surface area contributed by atoms with Crippen molar-refractivity contribution in [3.8, 4) is 11.5 Å². The third kappa shape index (κ3) is 2.33. The molecule has 3 aromatic rings. The first-order valence-corrected chi connectivity index (χ1v) is 7.01. The Bertz CT molecular complexity index is 758. The number of hydrogen-bond donors (Lipinski definition) is 0. The normalized spacial score (nSPS) is 16.0. The molecule has 1 saturated carbocycles. The van der Waals surface area contributed by atoms with Gasteiger partial charge in [-0.05, 0) is 36.0 Å². The van der Waals surface area contributed by atoms with E-state index in [-0.39, 0.29) is 0 Å². The molecule has 0 bridgehead atoms. The Morgan fingerprint density at radius 3 is 3.00 bits per heavy atom. The average Bonchev–Trinajstić information content (AvgIpc) is 2.95. The van der Waals surface area contributed by atoms with Gasteiger partial charge in [0.05, 0.1) is 6.20 Å². The number of nitrogens with zero attached hydrogens (tertiary/aromatic N) is 5. The molecular formula is C15H15N5O. The topological polar surface area (TPSA) is 69.6 Å². The summed E-state index contributed by atoms with van der Waals surface area (Å²) in [6.45, 7) is 2.75. The Kier molecular flexibility index (Phi) is 2.63. The molecule has 1 fully saturated rings. The van der Waals surface area contributed by atoms with Crippen LogP contribution in [0.25, 0.3) is 11.5 Å². The number of hydrogen-bond acceptors (Lipinski definition) is 5. The van der Waals surface area contributed by atoms with Gasteiger partial charge < -0.3 is 4.52 Å². The Hall–Kier alpha value is -2.50. The van der Waals surface area contributed by atoms with Gasteiger partial charge in [-0.25, -0.2) is 4.68 Å². The Morgan fingerprint density at radius 2 is 2.24 bits per heavy atom. The maximum Gasteiger partial charge on any atom is 0.257 e. The first kappa shape index (κ1) is 12.3. The molecule has 2 heterocycles. The molecule has 0 spiro atoms.